The smallest absolute Gasteiger partial charge is 0.272 e. The van der Waals surface area contributed by atoms with Crippen molar-refractivity contribution in [3.8, 4) is 5.75 Å². The molecule has 0 aliphatic heterocycles. The molecule has 0 radical (unpaired) electrons. The van der Waals surface area contributed by atoms with E-state index in [9.17, 15) is 19.3 Å². The molecule has 4 aromatic rings. The molecule has 0 saturated heterocycles. The number of carbonyl (C=O) groups excluding carboxylic acids is 3. The molecule has 1 atom stereocenters. The lowest BCUT2D eigenvalue weighted by Gasteiger charge is -2.26. The van der Waals surface area contributed by atoms with Crippen LogP contribution in [-0.4, -0.2) is 88.8 Å². The number of aryl methyl sites for hydroxylation is 2. The molecule has 5 N–H and O–H groups in total. The second-order valence-corrected chi connectivity index (χ2v) is 14.4. The van der Waals surface area contributed by atoms with Crippen molar-refractivity contribution >= 4 is 59.7 Å². The van der Waals surface area contributed by atoms with E-state index in [1.54, 1.807) is 85.8 Å². The van der Waals surface area contributed by atoms with Gasteiger partial charge in [-0.05, 0) is 73.9 Å². The Kier molecular flexibility index (Phi) is 13.0. The van der Waals surface area contributed by atoms with Crippen molar-refractivity contribution in [2.24, 2.45) is 14.1 Å². The predicted octanol–water partition coefficient (Wildman–Crippen LogP) is 3.56. The first-order valence-electron chi connectivity index (χ1n) is 15.3. The van der Waals surface area contributed by atoms with Crippen LogP contribution in [0.25, 0.3) is 12.2 Å². The second kappa shape index (κ2) is 17.2. The van der Waals surface area contributed by atoms with Crippen LogP contribution < -0.4 is 26.0 Å². The monoisotopic (exact) mass is 708 g/mol. The fourth-order valence-corrected chi connectivity index (χ4v) is 5.92. The summed E-state index contributed by atoms with van der Waals surface area (Å²) >= 11 is 5.20. The zero-order valence-corrected chi connectivity index (χ0v) is 29.7. The summed E-state index contributed by atoms with van der Waals surface area (Å²) in [6.07, 6.45) is 8.49. The van der Waals surface area contributed by atoms with Crippen LogP contribution in [0.15, 0.2) is 67.1 Å². The zero-order chi connectivity index (χ0) is 35.6. The maximum atomic E-state index is 13.1. The van der Waals surface area contributed by atoms with E-state index in [1.165, 1.54) is 6.20 Å². The fraction of sp³-hybridized carbons (Fsp3) is 0.273. The minimum atomic E-state index is -3.15. The number of carbonyl (C=O) groups is 3. The molecule has 0 bridgehead atoms. The summed E-state index contributed by atoms with van der Waals surface area (Å²) in [4.78, 5) is 53.6. The van der Waals surface area contributed by atoms with Gasteiger partial charge in [-0.3, -0.25) is 19.4 Å². The topological polar surface area (TPSA) is 164 Å². The molecule has 0 saturated carbocycles. The van der Waals surface area contributed by atoms with Gasteiger partial charge in [0, 0.05) is 52.3 Å². The SMILES string of the molecule is CNCCN(C)P(O)(=S)OCCNC(=O)c1cc(NC(=O)c2cc(NC(=O)c3ccc(/C=C/c4ccc(OC)cc4)nc3)cn2C)cn1C. The number of amides is 3. The van der Waals surface area contributed by atoms with Crippen LogP contribution in [0.5, 0.6) is 5.75 Å². The maximum absolute atomic E-state index is 13.1. The summed E-state index contributed by atoms with van der Waals surface area (Å²) in [6.45, 7) is -1.82. The van der Waals surface area contributed by atoms with Gasteiger partial charge in [0.15, 0.2) is 0 Å². The van der Waals surface area contributed by atoms with E-state index in [0.29, 0.717) is 47.1 Å². The molecule has 49 heavy (non-hydrogen) atoms. The van der Waals surface area contributed by atoms with Crippen molar-refractivity contribution < 1.29 is 28.5 Å². The molecule has 0 aliphatic carbocycles. The lowest BCUT2D eigenvalue weighted by atomic mass is 10.1. The third-order valence-electron chi connectivity index (χ3n) is 7.37. The van der Waals surface area contributed by atoms with Crippen molar-refractivity contribution in [2.45, 2.75) is 0 Å². The molecular weight excluding hydrogens is 667 g/mol. The minimum absolute atomic E-state index is 0.0360. The first-order chi connectivity index (χ1) is 23.4. The predicted molar refractivity (Wildman–Crippen MR) is 194 cm³/mol. The summed E-state index contributed by atoms with van der Waals surface area (Å²) in [6, 6.07) is 14.1. The van der Waals surface area contributed by atoms with Crippen LogP contribution in [0.2, 0.25) is 0 Å². The van der Waals surface area contributed by atoms with Crippen molar-refractivity contribution in [1.82, 2.24) is 29.4 Å². The number of nitrogens with one attached hydrogen (secondary N) is 4. The Bertz CT molecular complexity index is 1840. The lowest BCUT2D eigenvalue weighted by Crippen LogP contribution is -2.30. The highest BCUT2D eigenvalue weighted by Crippen LogP contribution is 2.44. The van der Waals surface area contributed by atoms with E-state index in [0.717, 1.165) is 11.3 Å². The molecule has 1 unspecified atom stereocenters. The summed E-state index contributed by atoms with van der Waals surface area (Å²) in [5.74, 6) is -0.418. The molecule has 3 amide bonds. The van der Waals surface area contributed by atoms with Gasteiger partial charge in [-0.2, -0.15) is 0 Å². The number of likely N-dealkylation sites (N-methyl/N-ethyl adjacent to an activating group) is 2. The molecule has 260 valence electrons. The van der Waals surface area contributed by atoms with Gasteiger partial charge in [-0.1, -0.05) is 18.2 Å². The second-order valence-electron chi connectivity index (χ2n) is 11.0. The lowest BCUT2D eigenvalue weighted by molar-refractivity contribution is 0.0936. The van der Waals surface area contributed by atoms with E-state index < -0.39 is 12.5 Å². The van der Waals surface area contributed by atoms with E-state index in [2.05, 4.69) is 26.3 Å². The van der Waals surface area contributed by atoms with Crippen LogP contribution in [0.4, 0.5) is 11.4 Å². The first-order valence-corrected chi connectivity index (χ1v) is 17.9. The van der Waals surface area contributed by atoms with Crippen molar-refractivity contribution in [2.75, 3.05) is 58.1 Å². The Balaban J connectivity index is 1.29. The molecule has 0 spiro atoms. The maximum Gasteiger partial charge on any atom is 0.272 e. The largest absolute Gasteiger partial charge is 0.497 e. The number of ether oxygens (including phenoxy) is 1. The number of nitrogens with zero attached hydrogens (tertiary/aromatic N) is 4. The number of hydrogen-bond acceptors (Lipinski definition) is 8. The van der Waals surface area contributed by atoms with E-state index in [-0.39, 0.29) is 25.0 Å². The van der Waals surface area contributed by atoms with E-state index in [4.69, 9.17) is 21.1 Å². The zero-order valence-electron chi connectivity index (χ0n) is 28.0. The van der Waals surface area contributed by atoms with Crippen LogP contribution >= 0.6 is 6.64 Å². The molecular formula is C33H41N8O6PS. The summed E-state index contributed by atoms with van der Waals surface area (Å²) < 4.78 is 15.4. The average Bonchev–Trinajstić information content (AvgIpc) is 3.65. The standard InChI is InChI=1S/C33H41N8O6PS/c1-34-14-16-41(4)48(45,49)47-17-15-35-32(43)29-18-27(22-39(29)2)38-33(44)30-19-26(21-40(30)3)37-31(42)24-9-11-25(36-20-24)10-6-23-7-12-28(46-5)13-8-23/h6-13,18-22,34H,14-17H2,1-5H3,(H,35,43)(H,37,42)(H,38,44)(H,45,49)/b10-6+. The van der Waals surface area contributed by atoms with Gasteiger partial charge >= 0.3 is 0 Å². The number of anilines is 2. The van der Waals surface area contributed by atoms with Crippen LogP contribution in [0, 0.1) is 0 Å². The van der Waals surface area contributed by atoms with Gasteiger partial charge in [0.05, 0.1) is 36.3 Å². The minimum Gasteiger partial charge on any atom is -0.497 e. The summed E-state index contributed by atoms with van der Waals surface area (Å²) in [5.41, 5.74) is 3.46. The molecule has 16 heteroatoms. The van der Waals surface area contributed by atoms with E-state index >= 15 is 0 Å². The third-order valence-corrected chi connectivity index (χ3v) is 10.1. The molecule has 3 heterocycles. The van der Waals surface area contributed by atoms with Crippen LogP contribution in [0.3, 0.4) is 0 Å². The van der Waals surface area contributed by atoms with Crippen molar-refractivity contribution in [1.29, 1.82) is 0 Å². The third kappa shape index (κ3) is 10.4. The first kappa shape index (κ1) is 37.2. The molecule has 0 aliphatic rings. The number of methoxy groups -OCH3 is 1. The fourth-order valence-electron chi connectivity index (χ4n) is 4.57. The Hall–Kier alpha value is -4.63. The molecule has 14 nitrogen and oxygen atoms in total. The van der Waals surface area contributed by atoms with Gasteiger partial charge in [-0.15, -0.1) is 0 Å². The number of benzene rings is 1. The summed E-state index contributed by atoms with van der Waals surface area (Å²) in [7, 11) is 8.47. The Labute approximate surface area is 290 Å². The highest BCUT2D eigenvalue weighted by Gasteiger charge is 2.21. The Morgan fingerprint density at radius 1 is 0.939 bits per heavy atom. The number of pyridine rings is 1. The highest BCUT2D eigenvalue weighted by atomic mass is 32.5. The quantitative estimate of drug-likeness (QED) is 0.0860. The van der Waals surface area contributed by atoms with Gasteiger partial charge in [0.1, 0.15) is 17.1 Å². The number of aromatic nitrogens is 3. The summed E-state index contributed by atoms with van der Waals surface area (Å²) in [5, 5.41) is 11.3. The molecule has 1 aromatic carbocycles. The molecule has 3 aromatic heterocycles. The van der Waals surface area contributed by atoms with Crippen molar-refractivity contribution in [3.05, 3.63) is 95.3 Å². The highest BCUT2D eigenvalue weighted by molar-refractivity contribution is 8.08. The molecule has 4 rings (SSSR count). The normalized spacial score (nSPS) is 12.6. The van der Waals surface area contributed by atoms with Gasteiger partial charge in [-0.25, -0.2) is 4.67 Å². The Morgan fingerprint density at radius 3 is 2.16 bits per heavy atom. The van der Waals surface area contributed by atoms with Crippen LogP contribution in [0.1, 0.15) is 42.6 Å². The van der Waals surface area contributed by atoms with Gasteiger partial charge in [0.25, 0.3) is 24.4 Å². The van der Waals surface area contributed by atoms with Crippen LogP contribution in [-0.2, 0) is 30.4 Å². The molecule has 0 fully saturated rings. The number of hydrogen-bond donors (Lipinski definition) is 5. The van der Waals surface area contributed by atoms with E-state index in [1.807, 2.05) is 36.4 Å². The Morgan fingerprint density at radius 2 is 1.57 bits per heavy atom. The van der Waals surface area contributed by atoms with Gasteiger partial charge in [0.2, 0.25) is 0 Å². The van der Waals surface area contributed by atoms with Crippen molar-refractivity contribution in [3.63, 3.8) is 0 Å². The van der Waals surface area contributed by atoms with Gasteiger partial charge < -0.3 is 44.6 Å². The average molecular weight is 709 g/mol. The number of rotatable bonds is 16.